The van der Waals surface area contributed by atoms with Crippen LogP contribution in [-0.4, -0.2) is 34.1 Å². The minimum atomic E-state index is -1.24. The summed E-state index contributed by atoms with van der Waals surface area (Å²) in [6.07, 6.45) is 1.07. The van der Waals surface area contributed by atoms with E-state index in [-0.39, 0.29) is 18.5 Å². The van der Waals surface area contributed by atoms with Gasteiger partial charge in [-0.05, 0) is 13.3 Å². The number of rotatable bonds is 6. The first kappa shape index (κ1) is 13.7. The van der Waals surface area contributed by atoms with Gasteiger partial charge in [-0.1, -0.05) is 5.16 Å². The molecule has 0 aliphatic carbocycles. The highest BCUT2D eigenvalue weighted by molar-refractivity contribution is 5.96. The van der Waals surface area contributed by atoms with Gasteiger partial charge in [0, 0.05) is 12.0 Å². The highest BCUT2D eigenvalue weighted by Crippen LogP contribution is 2.06. The molecule has 4 N–H and O–H groups in total. The fourth-order valence-corrected chi connectivity index (χ4v) is 1.28. The highest BCUT2D eigenvalue weighted by Gasteiger charge is 2.23. The molecule has 1 atom stereocenters. The molecule has 1 aromatic rings. The second kappa shape index (κ2) is 5.80. The standard InChI is InChI=1S/C10H13N3O5/c1-5-4-18-13-8(5)9(15)12-6(10(16)17)2-3-7(11)14/h4,6H,2-3H2,1H3,(H2,11,14)(H,12,15)(H,16,17)/t6-/m0/s1. The molecule has 1 aromatic heterocycles. The molecule has 98 valence electrons. The van der Waals surface area contributed by atoms with Crippen molar-refractivity contribution >= 4 is 17.8 Å². The fourth-order valence-electron chi connectivity index (χ4n) is 1.28. The number of hydrogen-bond donors (Lipinski definition) is 3. The number of nitrogens with two attached hydrogens (primary N) is 1. The molecule has 0 spiro atoms. The van der Waals surface area contributed by atoms with E-state index in [9.17, 15) is 14.4 Å². The zero-order valence-electron chi connectivity index (χ0n) is 9.67. The Morgan fingerprint density at radius 3 is 2.67 bits per heavy atom. The number of hydrogen-bond acceptors (Lipinski definition) is 5. The molecule has 0 aliphatic heterocycles. The molecule has 18 heavy (non-hydrogen) atoms. The van der Waals surface area contributed by atoms with E-state index in [4.69, 9.17) is 10.8 Å². The van der Waals surface area contributed by atoms with Crippen molar-refractivity contribution in [1.29, 1.82) is 0 Å². The van der Waals surface area contributed by atoms with Gasteiger partial charge in [0.15, 0.2) is 5.69 Å². The maximum Gasteiger partial charge on any atom is 0.326 e. The predicted molar refractivity (Wildman–Crippen MR) is 58.6 cm³/mol. The summed E-state index contributed by atoms with van der Waals surface area (Å²) < 4.78 is 4.57. The molecule has 2 amide bonds. The van der Waals surface area contributed by atoms with Gasteiger partial charge in [0.1, 0.15) is 12.3 Å². The molecule has 0 aliphatic rings. The first-order valence-electron chi connectivity index (χ1n) is 5.14. The second-order valence-electron chi connectivity index (χ2n) is 3.72. The van der Waals surface area contributed by atoms with Gasteiger partial charge >= 0.3 is 5.97 Å². The summed E-state index contributed by atoms with van der Waals surface area (Å²) in [5, 5.41) is 14.6. The first-order chi connectivity index (χ1) is 8.41. The summed E-state index contributed by atoms with van der Waals surface area (Å²) in [4.78, 5) is 33.1. The van der Waals surface area contributed by atoms with Crippen molar-refractivity contribution in [3.8, 4) is 0 Å². The van der Waals surface area contributed by atoms with Crippen molar-refractivity contribution in [2.45, 2.75) is 25.8 Å². The smallest absolute Gasteiger partial charge is 0.326 e. The lowest BCUT2D eigenvalue weighted by Crippen LogP contribution is -2.41. The number of carbonyl (C=O) groups is 3. The Kier molecular flexibility index (Phi) is 4.41. The van der Waals surface area contributed by atoms with Crippen LogP contribution in [0.15, 0.2) is 10.8 Å². The van der Waals surface area contributed by atoms with Gasteiger partial charge < -0.3 is 20.7 Å². The van der Waals surface area contributed by atoms with Gasteiger partial charge in [0.05, 0.1) is 0 Å². The zero-order chi connectivity index (χ0) is 13.7. The van der Waals surface area contributed by atoms with E-state index < -0.39 is 23.8 Å². The van der Waals surface area contributed by atoms with Crippen LogP contribution in [0, 0.1) is 6.92 Å². The van der Waals surface area contributed by atoms with Gasteiger partial charge in [-0.15, -0.1) is 0 Å². The minimum absolute atomic E-state index is 0.0142. The molecule has 0 unspecified atom stereocenters. The summed E-state index contributed by atoms with van der Waals surface area (Å²) in [5.41, 5.74) is 5.42. The van der Waals surface area contributed by atoms with E-state index in [0.717, 1.165) is 0 Å². The van der Waals surface area contributed by atoms with Gasteiger partial charge in [-0.2, -0.15) is 0 Å². The third kappa shape index (κ3) is 3.58. The number of aliphatic carboxylic acids is 1. The van der Waals surface area contributed by atoms with Crippen LogP contribution in [0.4, 0.5) is 0 Å². The summed E-state index contributed by atoms with van der Waals surface area (Å²) >= 11 is 0. The monoisotopic (exact) mass is 255 g/mol. The van der Waals surface area contributed by atoms with E-state index in [1.54, 1.807) is 6.92 Å². The lowest BCUT2D eigenvalue weighted by molar-refractivity contribution is -0.139. The molecule has 0 fully saturated rings. The molecular formula is C10H13N3O5. The van der Waals surface area contributed by atoms with E-state index in [2.05, 4.69) is 15.0 Å². The molecule has 0 radical (unpaired) electrons. The predicted octanol–water partition coefficient (Wildman–Crippen LogP) is -0.568. The molecule has 0 saturated carbocycles. The summed E-state index contributed by atoms with van der Waals surface area (Å²) in [6, 6.07) is -1.19. The van der Waals surface area contributed by atoms with Crippen LogP contribution in [0.3, 0.4) is 0 Å². The summed E-state index contributed by atoms with van der Waals surface area (Å²) in [7, 11) is 0. The number of aryl methyl sites for hydroxylation is 1. The second-order valence-corrected chi connectivity index (χ2v) is 3.72. The zero-order valence-corrected chi connectivity index (χ0v) is 9.67. The number of aromatic nitrogens is 1. The Labute approximate surface area is 102 Å². The van der Waals surface area contributed by atoms with Crippen LogP contribution in [0.2, 0.25) is 0 Å². The lowest BCUT2D eigenvalue weighted by atomic mass is 10.1. The average molecular weight is 255 g/mol. The SMILES string of the molecule is Cc1conc1C(=O)N[C@@H](CCC(N)=O)C(=O)O. The molecule has 8 nitrogen and oxygen atoms in total. The van der Waals surface area contributed by atoms with Crippen molar-refractivity contribution in [2.24, 2.45) is 5.73 Å². The number of carbonyl (C=O) groups excluding carboxylic acids is 2. The Hall–Kier alpha value is -2.38. The van der Waals surface area contributed by atoms with E-state index in [1.807, 2.05) is 0 Å². The Balaban J connectivity index is 2.67. The average Bonchev–Trinajstić information content (AvgIpc) is 2.69. The Morgan fingerprint density at radius 2 is 2.22 bits per heavy atom. The largest absolute Gasteiger partial charge is 0.480 e. The van der Waals surface area contributed by atoms with Gasteiger partial charge in [0.25, 0.3) is 5.91 Å². The number of nitrogens with zero attached hydrogens (tertiary/aromatic N) is 1. The molecule has 8 heteroatoms. The van der Waals surface area contributed by atoms with E-state index in [0.29, 0.717) is 5.56 Å². The maximum atomic E-state index is 11.7. The van der Waals surface area contributed by atoms with Gasteiger partial charge in [-0.25, -0.2) is 4.79 Å². The molecule has 0 aromatic carbocycles. The first-order valence-corrected chi connectivity index (χ1v) is 5.14. The topological polar surface area (TPSA) is 136 Å². The third-order valence-electron chi connectivity index (χ3n) is 2.24. The number of nitrogens with one attached hydrogen (secondary N) is 1. The molecule has 0 saturated heterocycles. The van der Waals surface area contributed by atoms with Crippen molar-refractivity contribution in [2.75, 3.05) is 0 Å². The highest BCUT2D eigenvalue weighted by atomic mass is 16.5. The van der Waals surface area contributed by atoms with Crippen LogP contribution in [0.25, 0.3) is 0 Å². The van der Waals surface area contributed by atoms with Gasteiger partial charge in [-0.3, -0.25) is 9.59 Å². The number of carboxylic acid groups (broad SMARTS) is 1. The molecule has 1 rings (SSSR count). The van der Waals surface area contributed by atoms with Crippen LogP contribution in [-0.2, 0) is 9.59 Å². The third-order valence-corrected chi connectivity index (χ3v) is 2.24. The maximum absolute atomic E-state index is 11.7. The molecule has 0 bridgehead atoms. The van der Waals surface area contributed by atoms with Crippen LogP contribution in [0.1, 0.15) is 28.9 Å². The summed E-state index contributed by atoms with van der Waals surface area (Å²) in [6.45, 7) is 1.60. The van der Waals surface area contributed by atoms with Crippen molar-refractivity contribution < 1.29 is 24.0 Å². The number of carboxylic acids is 1. The summed E-state index contributed by atoms with van der Waals surface area (Å²) in [5.74, 6) is -2.54. The Morgan fingerprint density at radius 1 is 1.56 bits per heavy atom. The van der Waals surface area contributed by atoms with Crippen LogP contribution in [0.5, 0.6) is 0 Å². The van der Waals surface area contributed by atoms with E-state index in [1.165, 1.54) is 6.26 Å². The lowest BCUT2D eigenvalue weighted by Gasteiger charge is -2.12. The number of primary amides is 1. The van der Waals surface area contributed by atoms with Crippen LogP contribution >= 0.6 is 0 Å². The minimum Gasteiger partial charge on any atom is -0.480 e. The van der Waals surface area contributed by atoms with Crippen molar-refractivity contribution in [3.05, 3.63) is 17.5 Å². The number of amides is 2. The van der Waals surface area contributed by atoms with Crippen molar-refractivity contribution in [1.82, 2.24) is 10.5 Å². The Bertz CT molecular complexity index is 468. The fraction of sp³-hybridized carbons (Fsp3) is 0.400. The van der Waals surface area contributed by atoms with Crippen molar-refractivity contribution in [3.63, 3.8) is 0 Å². The quantitative estimate of drug-likeness (QED) is 0.622. The normalized spacial score (nSPS) is 11.8. The molecular weight excluding hydrogens is 242 g/mol. The van der Waals surface area contributed by atoms with E-state index >= 15 is 0 Å². The molecule has 1 heterocycles. The van der Waals surface area contributed by atoms with Crippen LogP contribution < -0.4 is 11.1 Å². The van der Waals surface area contributed by atoms with Gasteiger partial charge in [0.2, 0.25) is 5.91 Å².